The zero-order valence-corrected chi connectivity index (χ0v) is 13.2. The van der Waals surface area contributed by atoms with Gasteiger partial charge < -0.3 is 5.32 Å². The molecule has 1 N–H and O–H groups in total. The summed E-state index contributed by atoms with van der Waals surface area (Å²) in [6.07, 6.45) is 7.96. The lowest BCUT2D eigenvalue weighted by atomic mass is 9.71. The van der Waals surface area contributed by atoms with Crippen LogP contribution in [0.4, 0.5) is 0 Å². The van der Waals surface area contributed by atoms with Crippen molar-refractivity contribution < 1.29 is 0 Å². The maximum Gasteiger partial charge on any atom is 0.0346 e. The maximum atomic E-state index is 4.27. The molecule has 1 aliphatic carbocycles. The van der Waals surface area contributed by atoms with Gasteiger partial charge in [0.1, 0.15) is 0 Å². The predicted molar refractivity (Wildman–Crippen MR) is 89.5 cm³/mol. The summed E-state index contributed by atoms with van der Waals surface area (Å²) in [6.45, 7) is 6.82. The van der Waals surface area contributed by atoms with E-state index in [-0.39, 0.29) is 0 Å². The Morgan fingerprint density at radius 2 is 2.14 bits per heavy atom. The molecule has 1 saturated carbocycles. The van der Waals surface area contributed by atoms with Crippen LogP contribution in [0.3, 0.4) is 0 Å². The molecule has 3 rings (SSSR count). The summed E-state index contributed by atoms with van der Waals surface area (Å²) in [5.74, 6) is 2.28. The minimum atomic E-state index is 0.680. The molecule has 0 radical (unpaired) electrons. The van der Waals surface area contributed by atoms with Gasteiger partial charge in [0.15, 0.2) is 0 Å². The molecule has 112 valence electrons. The fraction of sp³-hybridized carbons (Fsp3) is 0.526. The zero-order chi connectivity index (χ0) is 14.7. The second-order valence-electron chi connectivity index (χ2n) is 6.54. The maximum absolute atomic E-state index is 4.27. The molecule has 1 aliphatic rings. The first kappa shape index (κ1) is 14.5. The highest BCUT2D eigenvalue weighted by atomic mass is 14.8. The quantitative estimate of drug-likeness (QED) is 0.901. The van der Waals surface area contributed by atoms with Crippen LogP contribution in [0.5, 0.6) is 0 Å². The molecule has 21 heavy (non-hydrogen) atoms. The monoisotopic (exact) mass is 282 g/mol. The van der Waals surface area contributed by atoms with Gasteiger partial charge in [0, 0.05) is 17.8 Å². The lowest BCUT2D eigenvalue weighted by molar-refractivity contribution is 0.244. The van der Waals surface area contributed by atoms with Crippen molar-refractivity contribution in [1.29, 1.82) is 0 Å². The molecule has 0 bridgehead atoms. The predicted octanol–water partition coefficient (Wildman–Crippen LogP) is 4.36. The van der Waals surface area contributed by atoms with E-state index in [1.54, 1.807) is 0 Å². The summed E-state index contributed by atoms with van der Waals surface area (Å²) in [6, 6.07) is 8.90. The van der Waals surface area contributed by atoms with E-state index in [1.807, 2.05) is 12.4 Å². The topological polar surface area (TPSA) is 24.9 Å². The van der Waals surface area contributed by atoms with E-state index in [0.29, 0.717) is 5.92 Å². The van der Waals surface area contributed by atoms with Gasteiger partial charge in [-0.05, 0) is 60.7 Å². The number of fused-ring (bicyclic) bond motifs is 1. The Labute approximate surface area is 128 Å². The standard InChI is InChI=1S/C19H26N2/c1-3-20-12-16-8-7-14(2)11-19(16)18-6-4-5-15-13-21-10-9-17(15)18/h4-6,9-10,13-14,16,19-20H,3,7-8,11-12H2,1-2H3. The summed E-state index contributed by atoms with van der Waals surface area (Å²) in [4.78, 5) is 4.27. The minimum absolute atomic E-state index is 0.680. The van der Waals surface area contributed by atoms with Gasteiger partial charge in [-0.3, -0.25) is 4.98 Å². The fourth-order valence-corrected chi connectivity index (χ4v) is 3.87. The lowest BCUT2D eigenvalue weighted by Crippen LogP contribution is -2.31. The molecule has 1 fully saturated rings. The second-order valence-corrected chi connectivity index (χ2v) is 6.54. The molecule has 3 unspecified atom stereocenters. The van der Waals surface area contributed by atoms with Crippen LogP contribution >= 0.6 is 0 Å². The van der Waals surface area contributed by atoms with Gasteiger partial charge in [0.2, 0.25) is 0 Å². The Hall–Kier alpha value is -1.41. The van der Waals surface area contributed by atoms with Crippen molar-refractivity contribution in [1.82, 2.24) is 10.3 Å². The van der Waals surface area contributed by atoms with E-state index in [0.717, 1.165) is 24.9 Å². The van der Waals surface area contributed by atoms with E-state index in [2.05, 4.69) is 48.4 Å². The molecule has 0 amide bonds. The van der Waals surface area contributed by atoms with Gasteiger partial charge in [0.25, 0.3) is 0 Å². The smallest absolute Gasteiger partial charge is 0.0346 e. The third kappa shape index (κ3) is 3.11. The number of nitrogens with one attached hydrogen (secondary N) is 1. The van der Waals surface area contributed by atoms with Crippen LogP contribution in [-0.2, 0) is 0 Å². The van der Waals surface area contributed by atoms with E-state index < -0.39 is 0 Å². The molecule has 2 aromatic rings. The highest BCUT2D eigenvalue weighted by molar-refractivity contribution is 5.85. The first-order valence-corrected chi connectivity index (χ1v) is 8.33. The SMILES string of the molecule is CCNCC1CCC(C)CC1c1cccc2cnccc12. The summed E-state index contributed by atoms with van der Waals surface area (Å²) >= 11 is 0. The fourth-order valence-electron chi connectivity index (χ4n) is 3.87. The average Bonchev–Trinajstić information content (AvgIpc) is 2.53. The molecule has 0 saturated heterocycles. The third-order valence-corrected chi connectivity index (χ3v) is 5.03. The molecule has 2 nitrogen and oxygen atoms in total. The molecule has 0 aliphatic heterocycles. The van der Waals surface area contributed by atoms with Gasteiger partial charge in [-0.1, -0.05) is 38.5 Å². The highest BCUT2D eigenvalue weighted by Crippen LogP contribution is 2.42. The average molecular weight is 282 g/mol. The van der Waals surface area contributed by atoms with E-state index >= 15 is 0 Å². The number of rotatable bonds is 4. The number of aromatic nitrogens is 1. The van der Waals surface area contributed by atoms with Crippen LogP contribution < -0.4 is 5.32 Å². The summed E-state index contributed by atoms with van der Waals surface area (Å²) < 4.78 is 0. The number of pyridine rings is 1. The van der Waals surface area contributed by atoms with Crippen LogP contribution in [0.15, 0.2) is 36.7 Å². The van der Waals surface area contributed by atoms with Crippen molar-refractivity contribution >= 4 is 10.8 Å². The number of hydrogen-bond donors (Lipinski definition) is 1. The molecule has 1 heterocycles. The molecule has 1 aromatic heterocycles. The Morgan fingerprint density at radius 1 is 1.24 bits per heavy atom. The zero-order valence-electron chi connectivity index (χ0n) is 13.2. The van der Waals surface area contributed by atoms with Crippen LogP contribution in [0.2, 0.25) is 0 Å². The Bertz CT molecular complexity index is 586. The molecule has 1 aromatic carbocycles. The van der Waals surface area contributed by atoms with Gasteiger partial charge in [0.05, 0.1) is 0 Å². The largest absolute Gasteiger partial charge is 0.317 e. The van der Waals surface area contributed by atoms with Crippen molar-refractivity contribution in [3.63, 3.8) is 0 Å². The van der Waals surface area contributed by atoms with E-state index in [4.69, 9.17) is 0 Å². The van der Waals surface area contributed by atoms with Crippen molar-refractivity contribution in [2.45, 2.75) is 39.0 Å². The number of benzene rings is 1. The first-order valence-electron chi connectivity index (χ1n) is 8.33. The summed E-state index contributed by atoms with van der Waals surface area (Å²) in [5, 5.41) is 6.24. The summed E-state index contributed by atoms with van der Waals surface area (Å²) in [7, 11) is 0. The van der Waals surface area contributed by atoms with E-state index in [1.165, 1.54) is 35.6 Å². The second kappa shape index (κ2) is 6.57. The molecule has 0 spiro atoms. The normalized spacial score (nSPS) is 26.1. The van der Waals surface area contributed by atoms with Crippen molar-refractivity contribution in [2.75, 3.05) is 13.1 Å². The Morgan fingerprint density at radius 3 is 3.00 bits per heavy atom. The lowest BCUT2D eigenvalue weighted by Gasteiger charge is -2.36. The minimum Gasteiger partial charge on any atom is -0.317 e. The van der Waals surface area contributed by atoms with Crippen LogP contribution in [0.1, 0.15) is 44.6 Å². The van der Waals surface area contributed by atoms with Gasteiger partial charge >= 0.3 is 0 Å². The first-order chi connectivity index (χ1) is 10.3. The van der Waals surface area contributed by atoms with Gasteiger partial charge in [-0.2, -0.15) is 0 Å². The Balaban J connectivity index is 1.96. The third-order valence-electron chi connectivity index (χ3n) is 5.03. The van der Waals surface area contributed by atoms with Crippen molar-refractivity contribution in [2.24, 2.45) is 11.8 Å². The summed E-state index contributed by atoms with van der Waals surface area (Å²) in [5.41, 5.74) is 1.53. The molecular weight excluding hydrogens is 256 g/mol. The molecular formula is C19H26N2. The van der Waals surface area contributed by atoms with Crippen molar-refractivity contribution in [3.05, 3.63) is 42.2 Å². The molecule has 3 atom stereocenters. The van der Waals surface area contributed by atoms with Gasteiger partial charge in [-0.25, -0.2) is 0 Å². The highest BCUT2D eigenvalue weighted by Gasteiger charge is 2.30. The van der Waals surface area contributed by atoms with E-state index in [9.17, 15) is 0 Å². The van der Waals surface area contributed by atoms with Crippen LogP contribution in [0, 0.1) is 11.8 Å². The number of hydrogen-bond acceptors (Lipinski definition) is 2. The van der Waals surface area contributed by atoms with Crippen LogP contribution in [0.25, 0.3) is 10.8 Å². The molecule has 2 heteroatoms. The number of nitrogens with zero attached hydrogens (tertiary/aromatic N) is 1. The van der Waals surface area contributed by atoms with Crippen LogP contribution in [-0.4, -0.2) is 18.1 Å². The Kier molecular flexibility index (Phi) is 4.54. The van der Waals surface area contributed by atoms with Crippen molar-refractivity contribution in [3.8, 4) is 0 Å². The van der Waals surface area contributed by atoms with Gasteiger partial charge in [-0.15, -0.1) is 0 Å².